The second kappa shape index (κ2) is 9.05. The van der Waals surface area contributed by atoms with Gasteiger partial charge in [-0.25, -0.2) is 17.8 Å². The quantitative estimate of drug-likeness (QED) is 0.454. The van der Waals surface area contributed by atoms with Crippen molar-refractivity contribution in [2.45, 2.75) is 41.7 Å². The van der Waals surface area contributed by atoms with Gasteiger partial charge in [0.15, 0.2) is 9.84 Å². The van der Waals surface area contributed by atoms with E-state index in [9.17, 15) is 26.0 Å². The standard InChI is InChI=1S/C19H20ClF4N3O2S2/c1-27(2)16-4-3-11(19(22,23)24)7-15(16)26-14-9-13(21)17(8-12(14)20)31(28,29)10-18-25-5-6-30-18/h3,5-6,8-9,15-16,26H,4,7,10H2,1-2H3/t15-,16-/m0/s1. The van der Waals surface area contributed by atoms with Gasteiger partial charge < -0.3 is 10.2 Å². The number of hydrogen-bond acceptors (Lipinski definition) is 6. The molecule has 0 saturated heterocycles. The monoisotopic (exact) mass is 497 g/mol. The van der Waals surface area contributed by atoms with Gasteiger partial charge in [0.05, 0.1) is 10.7 Å². The second-order valence-electron chi connectivity index (χ2n) is 7.40. The van der Waals surface area contributed by atoms with Gasteiger partial charge >= 0.3 is 6.18 Å². The van der Waals surface area contributed by atoms with Crippen LogP contribution in [0.4, 0.5) is 23.2 Å². The number of sulfone groups is 1. The smallest absolute Gasteiger partial charge is 0.379 e. The summed E-state index contributed by atoms with van der Waals surface area (Å²) in [7, 11) is -0.567. The van der Waals surface area contributed by atoms with E-state index in [0.29, 0.717) is 5.01 Å². The highest BCUT2D eigenvalue weighted by Gasteiger charge is 2.40. The summed E-state index contributed by atoms with van der Waals surface area (Å²) < 4.78 is 79.5. The summed E-state index contributed by atoms with van der Waals surface area (Å²) in [6.07, 6.45) is -2.02. The maximum Gasteiger partial charge on any atom is 0.412 e. The molecule has 2 aromatic rings. The molecule has 0 unspecified atom stereocenters. The average Bonchev–Trinajstić information content (AvgIpc) is 3.15. The van der Waals surface area contributed by atoms with Crippen LogP contribution in [0, 0.1) is 5.82 Å². The van der Waals surface area contributed by atoms with Crippen LogP contribution in [0.2, 0.25) is 5.02 Å². The van der Waals surface area contributed by atoms with Crippen LogP contribution >= 0.6 is 22.9 Å². The number of nitrogens with one attached hydrogen (secondary N) is 1. The zero-order valence-electron chi connectivity index (χ0n) is 16.6. The van der Waals surface area contributed by atoms with Crippen LogP contribution in [0.25, 0.3) is 0 Å². The largest absolute Gasteiger partial charge is 0.412 e. The van der Waals surface area contributed by atoms with Gasteiger partial charge in [0.1, 0.15) is 21.5 Å². The summed E-state index contributed by atoms with van der Waals surface area (Å²) in [4.78, 5) is 5.09. The number of likely N-dealkylation sites (N-methyl/N-ethyl adjacent to an activating group) is 1. The van der Waals surface area contributed by atoms with Gasteiger partial charge in [-0.05, 0) is 39.1 Å². The molecule has 1 aliphatic rings. The lowest BCUT2D eigenvalue weighted by Gasteiger charge is -2.37. The van der Waals surface area contributed by atoms with Crippen molar-refractivity contribution in [1.29, 1.82) is 0 Å². The molecule has 1 heterocycles. The number of alkyl halides is 3. The summed E-state index contributed by atoms with van der Waals surface area (Å²) in [5, 5.41) is 4.70. The molecular formula is C19H20ClF4N3O2S2. The van der Waals surface area contributed by atoms with Gasteiger partial charge in [0.25, 0.3) is 0 Å². The van der Waals surface area contributed by atoms with E-state index in [4.69, 9.17) is 11.6 Å². The molecule has 0 amide bonds. The van der Waals surface area contributed by atoms with Crippen LogP contribution in [-0.4, -0.2) is 50.7 Å². The Kier molecular flexibility index (Phi) is 6.99. The first-order valence-corrected chi connectivity index (χ1v) is 12.1. The molecule has 0 bridgehead atoms. The Balaban J connectivity index is 1.88. The molecule has 0 saturated carbocycles. The lowest BCUT2D eigenvalue weighted by Crippen LogP contribution is -2.46. The second-order valence-corrected chi connectivity index (χ2v) is 10.7. The van der Waals surface area contributed by atoms with Crippen LogP contribution in [0.15, 0.2) is 40.3 Å². The van der Waals surface area contributed by atoms with Crippen LogP contribution in [0.5, 0.6) is 0 Å². The van der Waals surface area contributed by atoms with Crippen molar-refractivity contribution in [3.8, 4) is 0 Å². The summed E-state index contributed by atoms with van der Waals surface area (Å²) in [6, 6.07) is 0.899. The van der Waals surface area contributed by atoms with Gasteiger partial charge in [-0.15, -0.1) is 11.3 Å². The van der Waals surface area contributed by atoms with Crippen molar-refractivity contribution < 1.29 is 26.0 Å². The third-order valence-corrected chi connectivity index (χ3v) is 7.94. The van der Waals surface area contributed by atoms with Crippen molar-refractivity contribution in [2.75, 3.05) is 19.4 Å². The first kappa shape index (κ1) is 24.0. The predicted octanol–water partition coefficient (Wildman–Crippen LogP) is 4.90. The lowest BCUT2D eigenvalue weighted by molar-refractivity contribution is -0.0961. The van der Waals surface area contributed by atoms with E-state index in [1.165, 1.54) is 12.3 Å². The number of nitrogens with zero attached hydrogens (tertiary/aromatic N) is 2. The fraction of sp³-hybridized carbons (Fsp3) is 0.421. The molecule has 0 radical (unpaired) electrons. The van der Waals surface area contributed by atoms with E-state index < -0.39 is 44.1 Å². The van der Waals surface area contributed by atoms with E-state index >= 15 is 0 Å². The van der Waals surface area contributed by atoms with E-state index in [1.54, 1.807) is 24.4 Å². The van der Waals surface area contributed by atoms with Gasteiger partial charge in [-0.3, -0.25) is 0 Å². The predicted molar refractivity (Wildman–Crippen MR) is 113 cm³/mol. The Bertz CT molecular complexity index is 1070. The molecule has 1 N–H and O–H groups in total. The molecule has 12 heteroatoms. The number of rotatable bonds is 6. The molecule has 1 aromatic carbocycles. The van der Waals surface area contributed by atoms with Gasteiger partial charge in [0, 0.05) is 29.2 Å². The molecule has 0 aliphatic heterocycles. The highest BCUT2D eigenvalue weighted by atomic mass is 35.5. The van der Waals surface area contributed by atoms with Crippen LogP contribution in [0.1, 0.15) is 17.8 Å². The summed E-state index contributed by atoms with van der Waals surface area (Å²) in [5.74, 6) is -1.51. The van der Waals surface area contributed by atoms with Crippen molar-refractivity contribution in [1.82, 2.24) is 9.88 Å². The average molecular weight is 498 g/mol. The van der Waals surface area contributed by atoms with Gasteiger partial charge in [-0.2, -0.15) is 13.2 Å². The SMILES string of the molecule is CN(C)[C@H]1CC=C(C(F)(F)F)C[C@@H]1Nc1cc(F)c(S(=O)(=O)Cc2nccs2)cc1Cl. The summed E-state index contributed by atoms with van der Waals surface area (Å²) in [6.45, 7) is 0. The Morgan fingerprint density at radius 3 is 2.61 bits per heavy atom. The van der Waals surface area contributed by atoms with Gasteiger partial charge in [-0.1, -0.05) is 17.7 Å². The number of anilines is 1. The molecule has 1 aromatic heterocycles. The van der Waals surface area contributed by atoms with E-state index in [1.807, 2.05) is 0 Å². The van der Waals surface area contributed by atoms with Crippen molar-refractivity contribution in [3.05, 3.63) is 51.2 Å². The van der Waals surface area contributed by atoms with E-state index in [0.717, 1.165) is 23.5 Å². The Morgan fingerprint density at radius 1 is 1.32 bits per heavy atom. The van der Waals surface area contributed by atoms with Crippen molar-refractivity contribution >= 4 is 38.5 Å². The minimum absolute atomic E-state index is 0.0349. The van der Waals surface area contributed by atoms with Crippen LogP contribution in [-0.2, 0) is 15.6 Å². The topological polar surface area (TPSA) is 62.3 Å². The minimum atomic E-state index is -4.46. The number of hydrogen-bond donors (Lipinski definition) is 1. The van der Waals surface area contributed by atoms with Gasteiger partial charge in [0.2, 0.25) is 0 Å². The maximum atomic E-state index is 14.7. The fourth-order valence-corrected chi connectivity index (χ4v) is 6.10. The molecule has 0 spiro atoms. The molecular weight excluding hydrogens is 478 g/mol. The first-order chi connectivity index (χ1) is 14.4. The van der Waals surface area contributed by atoms with Crippen molar-refractivity contribution in [2.24, 2.45) is 0 Å². The van der Waals surface area contributed by atoms with E-state index in [2.05, 4.69) is 10.3 Å². The normalized spacial score (nSPS) is 20.1. The third kappa shape index (κ3) is 5.57. The number of benzene rings is 1. The Hall–Kier alpha value is -1.69. The highest BCUT2D eigenvalue weighted by Crippen LogP contribution is 2.37. The molecule has 1 aliphatic carbocycles. The fourth-order valence-electron chi connectivity index (χ4n) is 3.47. The molecule has 0 fully saturated rings. The summed E-state index contributed by atoms with van der Waals surface area (Å²) >= 11 is 7.33. The molecule has 31 heavy (non-hydrogen) atoms. The zero-order valence-corrected chi connectivity index (χ0v) is 19.0. The Morgan fingerprint density at radius 2 is 2.03 bits per heavy atom. The maximum absolute atomic E-state index is 14.7. The van der Waals surface area contributed by atoms with E-state index in [-0.39, 0.29) is 29.6 Å². The number of aromatic nitrogens is 1. The Labute approximate surface area is 186 Å². The molecule has 5 nitrogen and oxygen atoms in total. The molecule has 3 rings (SSSR count). The molecule has 2 atom stereocenters. The highest BCUT2D eigenvalue weighted by molar-refractivity contribution is 7.90. The van der Waals surface area contributed by atoms with Crippen LogP contribution < -0.4 is 5.32 Å². The minimum Gasteiger partial charge on any atom is -0.379 e. The summed E-state index contributed by atoms with van der Waals surface area (Å²) in [5.41, 5.74) is -0.630. The lowest BCUT2D eigenvalue weighted by atomic mass is 9.89. The number of halogens is 5. The number of thiazole rings is 1. The molecule has 170 valence electrons. The third-order valence-electron chi connectivity index (χ3n) is 5.03. The van der Waals surface area contributed by atoms with Crippen LogP contribution in [0.3, 0.4) is 0 Å². The first-order valence-electron chi connectivity index (χ1n) is 9.18. The zero-order chi connectivity index (χ0) is 23.0. The van der Waals surface area contributed by atoms with Crippen molar-refractivity contribution in [3.63, 3.8) is 0 Å².